The lowest BCUT2D eigenvalue weighted by molar-refractivity contribution is 0.0955. The van der Waals surface area contributed by atoms with E-state index >= 15 is 0 Å². The number of hydrazone groups is 1. The van der Waals surface area contributed by atoms with Crippen LogP contribution >= 0.6 is 23.2 Å². The highest BCUT2D eigenvalue weighted by atomic mass is 35.5. The van der Waals surface area contributed by atoms with E-state index in [1.807, 2.05) is 36.4 Å². The van der Waals surface area contributed by atoms with Gasteiger partial charge in [0, 0.05) is 26.7 Å². The van der Waals surface area contributed by atoms with Crippen molar-refractivity contribution in [2.24, 2.45) is 5.10 Å². The van der Waals surface area contributed by atoms with Crippen LogP contribution in [-0.4, -0.2) is 17.1 Å². The predicted molar refractivity (Wildman–Crippen MR) is 157 cm³/mol. The van der Waals surface area contributed by atoms with Gasteiger partial charge in [-0.1, -0.05) is 67.4 Å². The Morgan fingerprint density at radius 2 is 1.49 bits per heavy atom. The van der Waals surface area contributed by atoms with Crippen LogP contribution in [0, 0.1) is 0 Å². The van der Waals surface area contributed by atoms with Crippen LogP contribution in [0.15, 0.2) is 99.4 Å². The monoisotopic (exact) mass is 555 g/mol. The summed E-state index contributed by atoms with van der Waals surface area (Å²) >= 11 is 12.1. The Balaban J connectivity index is 1.45. The van der Waals surface area contributed by atoms with Gasteiger partial charge in [0.25, 0.3) is 5.91 Å². The Labute approximate surface area is 234 Å². The number of carbonyl (C=O) groups excluding carboxylic acids is 1. The minimum Gasteiger partial charge on any atom is -0.463 e. The molecule has 0 radical (unpaired) electrons. The first-order valence-electron chi connectivity index (χ1n) is 12.2. The molecule has 0 bridgehead atoms. The summed E-state index contributed by atoms with van der Waals surface area (Å²) in [5, 5.41) is 5.69. The Bertz CT molecular complexity index is 1700. The van der Waals surface area contributed by atoms with Crippen molar-refractivity contribution in [3.8, 4) is 22.5 Å². The van der Waals surface area contributed by atoms with Crippen LogP contribution in [0.1, 0.15) is 41.3 Å². The third-order valence-corrected chi connectivity index (χ3v) is 6.73. The van der Waals surface area contributed by atoms with Crippen molar-refractivity contribution < 1.29 is 9.21 Å². The van der Waals surface area contributed by atoms with E-state index in [0.717, 1.165) is 16.7 Å². The smallest absolute Gasteiger partial charge is 0.271 e. The minimum atomic E-state index is -0.466. The molecule has 2 aromatic heterocycles. The van der Waals surface area contributed by atoms with Crippen molar-refractivity contribution >= 4 is 46.3 Å². The SMILES string of the molecule is CC(C)c1ccc2occ(/C=N/NC(=O)c3cc(-c4ccc(Cl)cc4)nc(-c4ccc(Cl)cc4)c3)c(=O)c2c1. The standard InChI is InChI=1S/C31H23Cl2N3O3/c1-18(2)21-7-12-29-26(13-21)30(37)23(17-39-29)16-34-36-31(38)22-14-27(19-3-8-24(32)9-4-19)35-28(15-22)20-5-10-25(33)11-6-20/h3-18H,1-2H3,(H,36,38)/b34-16+. The van der Waals surface area contributed by atoms with Crippen LogP contribution < -0.4 is 10.9 Å². The maximum atomic E-state index is 13.1. The number of amides is 1. The van der Waals surface area contributed by atoms with Gasteiger partial charge in [-0.2, -0.15) is 5.10 Å². The lowest BCUT2D eigenvalue weighted by Gasteiger charge is -2.09. The predicted octanol–water partition coefficient (Wildman–Crippen LogP) is 7.72. The van der Waals surface area contributed by atoms with Gasteiger partial charge >= 0.3 is 0 Å². The molecule has 5 rings (SSSR count). The number of hydrogen-bond donors (Lipinski definition) is 1. The van der Waals surface area contributed by atoms with Crippen molar-refractivity contribution in [2.75, 3.05) is 0 Å². The fourth-order valence-electron chi connectivity index (χ4n) is 4.04. The van der Waals surface area contributed by atoms with Crippen LogP contribution in [-0.2, 0) is 0 Å². The Kier molecular flexibility index (Phi) is 7.59. The van der Waals surface area contributed by atoms with Gasteiger partial charge in [-0.25, -0.2) is 10.4 Å². The van der Waals surface area contributed by atoms with Gasteiger partial charge in [0.05, 0.1) is 28.6 Å². The Hall–Kier alpha value is -4.26. The van der Waals surface area contributed by atoms with Crippen molar-refractivity contribution in [1.29, 1.82) is 0 Å². The fourth-order valence-corrected chi connectivity index (χ4v) is 4.29. The molecule has 0 fully saturated rings. The first-order chi connectivity index (χ1) is 18.8. The van der Waals surface area contributed by atoms with Crippen molar-refractivity contribution in [1.82, 2.24) is 10.4 Å². The molecule has 1 amide bonds. The molecule has 0 aliphatic rings. The zero-order valence-corrected chi connectivity index (χ0v) is 22.6. The first kappa shape index (κ1) is 26.4. The molecular weight excluding hydrogens is 533 g/mol. The Morgan fingerprint density at radius 1 is 0.897 bits per heavy atom. The van der Waals surface area contributed by atoms with E-state index in [2.05, 4.69) is 24.4 Å². The van der Waals surface area contributed by atoms with Crippen molar-refractivity contribution in [3.63, 3.8) is 0 Å². The molecule has 0 saturated carbocycles. The molecule has 8 heteroatoms. The zero-order chi connectivity index (χ0) is 27.5. The average molecular weight is 556 g/mol. The molecular formula is C31H23Cl2N3O3. The summed E-state index contributed by atoms with van der Waals surface area (Å²) in [6.45, 7) is 4.11. The number of halogens is 2. The second-order valence-electron chi connectivity index (χ2n) is 9.27. The number of rotatable bonds is 6. The molecule has 0 aliphatic heterocycles. The maximum absolute atomic E-state index is 13.1. The van der Waals surface area contributed by atoms with Crippen LogP contribution in [0.4, 0.5) is 0 Å². The van der Waals surface area contributed by atoms with Gasteiger partial charge in [0.15, 0.2) is 0 Å². The zero-order valence-electron chi connectivity index (χ0n) is 21.1. The first-order valence-corrected chi connectivity index (χ1v) is 13.0. The van der Waals surface area contributed by atoms with Gasteiger partial charge in [-0.05, 0) is 60.0 Å². The number of pyridine rings is 1. The second-order valence-corrected chi connectivity index (χ2v) is 10.1. The summed E-state index contributed by atoms with van der Waals surface area (Å²) < 4.78 is 5.62. The largest absolute Gasteiger partial charge is 0.463 e. The number of fused-ring (bicyclic) bond motifs is 1. The molecule has 0 unspecified atom stereocenters. The second kappa shape index (κ2) is 11.2. The van der Waals surface area contributed by atoms with Crippen LogP contribution in [0.5, 0.6) is 0 Å². The van der Waals surface area contributed by atoms with Crippen molar-refractivity contribution in [2.45, 2.75) is 19.8 Å². The molecule has 0 spiro atoms. The summed E-state index contributed by atoms with van der Waals surface area (Å²) in [6.07, 6.45) is 2.62. The molecule has 6 nitrogen and oxygen atoms in total. The van der Waals surface area contributed by atoms with Crippen LogP contribution in [0.2, 0.25) is 10.0 Å². The lowest BCUT2D eigenvalue weighted by Crippen LogP contribution is -2.19. The minimum absolute atomic E-state index is 0.224. The molecule has 0 aliphatic carbocycles. The van der Waals surface area contributed by atoms with Gasteiger partial charge in [0.1, 0.15) is 11.8 Å². The highest BCUT2D eigenvalue weighted by molar-refractivity contribution is 6.31. The molecule has 39 heavy (non-hydrogen) atoms. The summed E-state index contributed by atoms with van der Waals surface area (Å²) in [5.41, 5.74) is 7.13. The number of benzene rings is 3. The molecule has 0 atom stereocenters. The highest BCUT2D eigenvalue weighted by Gasteiger charge is 2.13. The molecule has 3 aromatic carbocycles. The van der Waals surface area contributed by atoms with E-state index in [4.69, 9.17) is 32.6 Å². The summed E-state index contributed by atoms with van der Waals surface area (Å²) in [4.78, 5) is 30.9. The normalized spacial score (nSPS) is 11.4. The van der Waals surface area contributed by atoms with E-state index in [0.29, 0.717) is 38.0 Å². The van der Waals surface area contributed by atoms with E-state index in [1.54, 1.807) is 42.5 Å². The number of nitrogens with zero attached hydrogens (tertiary/aromatic N) is 2. The number of carbonyl (C=O) groups is 1. The van der Waals surface area contributed by atoms with Crippen molar-refractivity contribution in [3.05, 3.63) is 122 Å². The van der Waals surface area contributed by atoms with Gasteiger partial charge in [0.2, 0.25) is 5.43 Å². The van der Waals surface area contributed by atoms with E-state index < -0.39 is 5.91 Å². The van der Waals surface area contributed by atoms with E-state index in [1.165, 1.54) is 12.5 Å². The quantitative estimate of drug-likeness (QED) is 0.171. The lowest BCUT2D eigenvalue weighted by atomic mass is 10.0. The van der Waals surface area contributed by atoms with Gasteiger partial charge < -0.3 is 4.42 Å². The molecule has 1 N–H and O–H groups in total. The number of nitrogens with one attached hydrogen (secondary N) is 1. The maximum Gasteiger partial charge on any atom is 0.271 e. The third-order valence-electron chi connectivity index (χ3n) is 6.23. The molecule has 2 heterocycles. The van der Waals surface area contributed by atoms with Gasteiger partial charge in [-0.15, -0.1) is 0 Å². The number of hydrogen-bond acceptors (Lipinski definition) is 5. The fraction of sp³-hybridized carbons (Fsp3) is 0.0968. The Morgan fingerprint density at radius 3 is 2.05 bits per heavy atom. The highest BCUT2D eigenvalue weighted by Crippen LogP contribution is 2.27. The topological polar surface area (TPSA) is 84.6 Å². The van der Waals surface area contributed by atoms with Crippen LogP contribution in [0.25, 0.3) is 33.5 Å². The molecule has 194 valence electrons. The molecule has 0 saturated heterocycles. The third kappa shape index (κ3) is 5.93. The summed E-state index contributed by atoms with van der Waals surface area (Å²) in [6, 6.07) is 23.3. The van der Waals surface area contributed by atoms with E-state index in [-0.39, 0.29) is 16.9 Å². The average Bonchev–Trinajstić information content (AvgIpc) is 2.94. The van der Waals surface area contributed by atoms with E-state index in [9.17, 15) is 9.59 Å². The molecule has 5 aromatic rings. The van der Waals surface area contributed by atoms with Crippen LogP contribution in [0.3, 0.4) is 0 Å². The van der Waals surface area contributed by atoms with Gasteiger partial charge in [-0.3, -0.25) is 9.59 Å². The summed E-state index contributed by atoms with van der Waals surface area (Å²) in [5.74, 6) is -0.201. The number of aromatic nitrogens is 1. The summed E-state index contributed by atoms with van der Waals surface area (Å²) in [7, 11) is 0.